The van der Waals surface area contributed by atoms with Crippen LogP contribution in [0.2, 0.25) is 0 Å². The lowest BCUT2D eigenvalue weighted by Gasteiger charge is -2.61. The van der Waals surface area contributed by atoms with Crippen molar-refractivity contribution in [1.29, 1.82) is 0 Å². The molecule has 6 heteroatoms. The lowest BCUT2D eigenvalue weighted by atomic mass is 9.46. The molecule has 1 N–H and O–H groups in total. The third-order valence-electron chi connectivity index (χ3n) is 8.42. The third-order valence-corrected chi connectivity index (χ3v) is 8.42. The Hall–Kier alpha value is -1.43. The quantitative estimate of drug-likeness (QED) is 0.847. The van der Waals surface area contributed by atoms with Crippen LogP contribution in [0.25, 0.3) is 0 Å². The standard InChI is InChI=1S/C22H35N5O/c1-16-3-5-26(6-4-16)17(2)12-24-20(28)21-8-18-7-19(9-21)11-22(10-18,13-21)27-15-23-14-25-27/h14-19H,3-13H2,1-2H3,(H,24,28)/t17-,18-,19+,21?,22?/m0/s1. The second-order valence-electron chi connectivity index (χ2n) is 10.6. The van der Waals surface area contributed by atoms with Crippen LogP contribution in [-0.4, -0.2) is 51.2 Å². The van der Waals surface area contributed by atoms with E-state index in [0.29, 0.717) is 23.8 Å². The predicted octanol–water partition coefficient (Wildman–Crippen LogP) is 2.81. The van der Waals surface area contributed by atoms with Crippen molar-refractivity contribution in [2.75, 3.05) is 19.6 Å². The first-order chi connectivity index (χ1) is 13.5. The second-order valence-corrected chi connectivity index (χ2v) is 10.6. The van der Waals surface area contributed by atoms with Gasteiger partial charge in [-0.15, -0.1) is 0 Å². The van der Waals surface area contributed by atoms with Crippen molar-refractivity contribution in [3.63, 3.8) is 0 Å². The van der Waals surface area contributed by atoms with Crippen molar-refractivity contribution in [3.8, 4) is 0 Å². The van der Waals surface area contributed by atoms with E-state index in [4.69, 9.17) is 0 Å². The zero-order valence-corrected chi connectivity index (χ0v) is 17.4. The summed E-state index contributed by atoms with van der Waals surface area (Å²) in [6.07, 6.45) is 12.8. The molecule has 2 heterocycles. The molecule has 1 aromatic heterocycles. The van der Waals surface area contributed by atoms with Crippen LogP contribution in [-0.2, 0) is 10.3 Å². The van der Waals surface area contributed by atoms with E-state index >= 15 is 0 Å². The van der Waals surface area contributed by atoms with Gasteiger partial charge in [-0.1, -0.05) is 6.92 Å². The maximum Gasteiger partial charge on any atom is 0.226 e. The van der Waals surface area contributed by atoms with E-state index in [2.05, 4.69) is 38.8 Å². The molecule has 0 radical (unpaired) electrons. The largest absolute Gasteiger partial charge is 0.354 e. The summed E-state index contributed by atoms with van der Waals surface area (Å²) < 4.78 is 2.09. The molecular formula is C22H35N5O. The molecule has 5 fully saturated rings. The normalized spacial score (nSPS) is 39.2. The van der Waals surface area contributed by atoms with Crippen molar-refractivity contribution in [3.05, 3.63) is 12.7 Å². The first kappa shape index (κ1) is 18.6. The Bertz CT molecular complexity index is 695. The maximum atomic E-state index is 13.5. The van der Waals surface area contributed by atoms with Crippen molar-refractivity contribution in [2.45, 2.75) is 76.8 Å². The Kier molecular flexibility index (Phi) is 4.53. The maximum absolute atomic E-state index is 13.5. The third kappa shape index (κ3) is 3.08. The van der Waals surface area contributed by atoms with E-state index < -0.39 is 0 Å². The highest BCUT2D eigenvalue weighted by Crippen LogP contribution is 2.64. The molecule has 4 bridgehead atoms. The van der Waals surface area contributed by atoms with Gasteiger partial charge in [-0.3, -0.25) is 9.69 Å². The summed E-state index contributed by atoms with van der Waals surface area (Å²) in [5.41, 5.74) is -0.168. The Balaban J connectivity index is 1.27. The summed E-state index contributed by atoms with van der Waals surface area (Å²) in [7, 11) is 0. The van der Waals surface area contributed by atoms with Gasteiger partial charge < -0.3 is 5.32 Å². The minimum absolute atomic E-state index is 0.0204. The number of nitrogens with zero attached hydrogens (tertiary/aromatic N) is 4. The van der Waals surface area contributed by atoms with Crippen LogP contribution in [0.4, 0.5) is 0 Å². The fourth-order valence-corrected chi connectivity index (χ4v) is 7.23. The number of rotatable bonds is 5. The SMILES string of the molecule is CC1CCN([C@@H](C)CNC(=O)C23C[C@H]4C[C@@H](C2)CC(n2cncn2)(C4)C3)CC1. The van der Waals surface area contributed by atoms with Gasteiger partial charge in [-0.25, -0.2) is 9.67 Å². The molecule has 28 heavy (non-hydrogen) atoms. The highest BCUT2D eigenvalue weighted by atomic mass is 16.2. The summed E-state index contributed by atoms with van der Waals surface area (Å²) >= 11 is 0. The summed E-state index contributed by atoms with van der Waals surface area (Å²) in [5.74, 6) is 2.48. The minimum Gasteiger partial charge on any atom is -0.354 e. The molecule has 5 atom stereocenters. The zero-order valence-electron chi connectivity index (χ0n) is 17.4. The monoisotopic (exact) mass is 385 g/mol. The topological polar surface area (TPSA) is 63.1 Å². The van der Waals surface area contributed by atoms with Gasteiger partial charge in [-0.05, 0) is 89.1 Å². The number of hydrogen-bond donors (Lipinski definition) is 1. The highest BCUT2D eigenvalue weighted by molar-refractivity contribution is 5.83. The molecule has 6 nitrogen and oxygen atoms in total. The molecule has 1 saturated heterocycles. The lowest BCUT2D eigenvalue weighted by molar-refractivity contribution is -0.156. The van der Waals surface area contributed by atoms with Gasteiger partial charge in [0, 0.05) is 12.6 Å². The van der Waals surface area contributed by atoms with E-state index in [-0.39, 0.29) is 11.0 Å². The van der Waals surface area contributed by atoms with Crippen LogP contribution in [0, 0.1) is 23.2 Å². The molecule has 4 saturated carbocycles. The van der Waals surface area contributed by atoms with Crippen LogP contribution >= 0.6 is 0 Å². The molecule has 5 aliphatic rings. The summed E-state index contributed by atoms with van der Waals surface area (Å²) in [5, 5.41) is 7.89. The fourth-order valence-electron chi connectivity index (χ4n) is 7.23. The average molecular weight is 386 g/mol. The number of likely N-dealkylation sites (tertiary alicyclic amines) is 1. The number of piperidine rings is 1. The van der Waals surface area contributed by atoms with Gasteiger partial charge in [0.2, 0.25) is 5.91 Å². The molecule has 154 valence electrons. The Morgan fingerprint density at radius 3 is 2.57 bits per heavy atom. The number of amides is 1. The Morgan fingerprint density at radius 2 is 1.93 bits per heavy atom. The molecule has 2 unspecified atom stereocenters. The van der Waals surface area contributed by atoms with E-state index in [1.165, 1.54) is 45.2 Å². The van der Waals surface area contributed by atoms with E-state index in [0.717, 1.165) is 31.7 Å². The van der Waals surface area contributed by atoms with Crippen LogP contribution in [0.1, 0.15) is 65.2 Å². The number of nitrogens with one attached hydrogen (secondary N) is 1. The summed E-state index contributed by atoms with van der Waals surface area (Å²) in [6, 6.07) is 0.426. The average Bonchev–Trinajstić information content (AvgIpc) is 3.21. The molecule has 1 aromatic rings. The number of hydrogen-bond acceptors (Lipinski definition) is 4. The van der Waals surface area contributed by atoms with Gasteiger partial charge in [0.1, 0.15) is 12.7 Å². The van der Waals surface area contributed by atoms with Gasteiger partial charge >= 0.3 is 0 Å². The zero-order chi connectivity index (χ0) is 19.4. The van der Waals surface area contributed by atoms with Crippen LogP contribution < -0.4 is 5.32 Å². The van der Waals surface area contributed by atoms with Gasteiger partial charge in [0.15, 0.2) is 0 Å². The minimum atomic E-state index is -0.188. The van der Waals surface area contributed by atoms with E-state index in [1.807, 2.05) is 6.33 Å². The van der Waals surface area contributed by atoms with Crippen LogP contribution in [0.5, 0.6) is 0 Å². The fraction of sp³-hybridized carbons (Fsp3) is 0.864. The number of carbonyl (C=O) groups excluding carboxylic acids is 1. The first-order valence-corrected chi connectivity index (χ1v) is 11.4. The van der Waals surface area contributed by atoms with Crippen LogP contribution in [0.3, 0.4) is 0 Å². The molecule has 4 aliphatic carbocycles. The Morgan fingerprint density at radius 1 is 1.21 bits per heavy atom. The van der Waals surface area contributed by atoms with Crippen molar-refractivity contribution >= 4 is 5.91 Å². The molecule has 1 aliphatic heterocycles. The molecule has 6 rings (SSSR count). The van der Waals surface area contributed by atoms with Gasteiger partial charge in [-0.2, -0.15) is 5.10 Å². The predicted molar refractivity (Wildman–Crippen MR) is 108 cm³/mol. The van der Waals surface area contributed by atoms with Crippen molar-refractivity contribution < 1.29 is 4.79 Å². The first-order valence-electron chi connectivity index (χ1n) is 11.4. The van der Waals surface area contributed by atoms with Crippen molar-refractivity contribution in [1.82, 2.24) is 25.0 Å². The highest BCUT2D eigenvalue weighted by Gasteiger charge is 2.61. The molecule has 1 amide bonds. The smallest absolute Gasteiger partial charge is 0.226 e. The van der Waals surface area contributed by atoms with Crippen molar-refractivity contribution in [2.24, 2.45) is 23.2 Å². The summed E-state index contributed by atoms with van der Waals surface area (Å²) in [4.78, 5) is 20.2. The molecule has 0 spiro atoms. The van der Waals surface area contributed by atoms with Gasteiger partial charge in [0.25, 0.3) is 0 Å². The second kappa shape index (κ2) is 6.82. The van der Waals surface area contributed by atoms with E-state index in [9.17, 15) is 4.79 Å². The van der Waals surface area contributed by atoms with E-state index in [1.54, 1.807) is 6.33 Å². The van der Waals surface area contributed by atoms with Crippen LogP contribution in [0.15, 0.2) is 12.7 Å². The Labute approximate surface area is 168 Å². The summed E-state index contributed by atoms with van der Waals surface area (Å²) in [6.45, 7) is 7.74. The number of carbonyl (C=O) groups is 1. The molecule has 0 aromatic carbocycles. The lowest BCUT2D eigenvalue weighted by Crippen LogP contribution is -2.61. The number of aromatic nitrogens is 3. The van der Waals surface area contributed by atoms with Gasteiger partial charge in [0.05, 0.1) is 11.0 Å². The molecular weight excluding hydrogens is 350 g/mol.